The Hall–Kier alpha value is -16.4. The van der Waals surface area contributed by atoms with Crippen molar-refractivity contribution in [3.8, 4) is 61.8 Å². The average molecular weight is 1670 g/mol. The number of nitrogens with two attached hydrogens (primary N) is 4. The molecule has 6 aromatic heterocycles. The molecular weight excluding hydrogens is 1590 g/mol. The Balaban J connectivity index is 0.000000142. The van der Waals surface area contributed by atoms with Gasteiger partial charge in [-0.15, -0.1) is 11.3 Å². The lowest BCUT2D eigenvalue weighted by Gasteiger charge is -2.13. The van der Waals surface area contributed by atoms with Crippen LogP contribution < -0.4 is 79.1 Å². The van der Waals surface area contributed by atoms with Crippen LogP contribution in [-0.2, 0) is 19.6 Å². The summed E-state index contributed by atoms with van der Waals surface area (Å²) in [6.07, 6.45) is 8.34. The number of ether oxygens (including phenoxy) is 3. The summed E-state index contributed by atoms with van der Waals surface area (Å²) in [4.78, 5) is 67.0. The zero-order valence-electron chi connectivity index (χ0n) is 66.0. The molecule has 16 N–H and O–H groups in total. The van der Waals surface area contributed by atoms with Crippen molar-refractivity contribution in [2.75, 3.05) is 80.1 Å². The van der Waals surface area contributed by atoms with Crippen LogP contribution >= 0.6 is 11.3 Å². The Bertz CT molecular complexity index is 6380. The number of amides is 4. The van der Waals surface area contributed by atoms with Gasteiger partial charge in [-0.05, 0) is 262 Å². The molecule has 10 aromatic carbocycles. The van der Waals surface area contributed by atoms with Crippen LogP contribution in [0.3, 0.4) is 0 Å². The summed E-state index contributed by atoms with van der Waals surface area (Å²) in [7, 11) is -2.24. The molecule has 614 valence electrons. The molecule has 123 heavy (non-hydrogen) atoms. The molecule has 0 bridgehead atoms. The minimum atomic E-state index is -3.80. The number of carbonyl (C=O) groups is 4. The number of hydrogen-bond acceptors (Lipinski definition) is 22. The lowest BCUT2D eigenvalue weighted by Crippen LogP contribution is -2.20. The maximum atomic E-state index is 12.5. The first kappa shape index (κ1) is 84.5. The van der Waals surface area contributed by atoms with Crippen molar-refractivity contribution in [1.29, 1.82) is 0 Å². The summed E-state index contributed by atoms with van der Waals surface area (Å²) >= 11 is 1.42. The number of hydrogen-bond donors (Lipinski definition) is 12. The van der Waals surface area contributed by atoms with Gasteiger partial charge >= 0.3 is 0 Å². The molecule has 16 rings (SSSR count). The number of pyridine rings is 4. The number of primary sulfonamides is 1. The van der Waals surface area contributed by atoms with E-state index in [2.05, 4.69) is 62.5 Å². The smallest absolute Gasteiger partial charge is 0.291 e. The largest absolute Gasteiger partial charge is 0.495 e. The average Bonchev–Trinajstić information content (AvgIpc) is 1.63. The number of para-hydroxylation sites is 2. The normalized spacial score (nSPS) is 10.6. The van der Waals surface area contributed by atoms with E-state index < -0.39 is 10.0 Å². The minimum absolute atomic E-state index is 0.0143. The zero-order chi connectivity index (χ0) is 85.7. The number of thiophene rings is 1. The van der Waals surface area contributed by atoms with Crippen molar-refractivity contribution in [1.82, 2.24) is 19.9 Å². The summed E-state index contributed by atoms with van der Waals surface area (Å²) in [5, 5.41) is 31.4. The van der Waals surface area contributed by atoms with Crippen LogP contribution in [0.4, 0.5) is 85.8 Å². The van der Waals surface area contributed by atoms with E-state index in [4.69, 9.17) is 41.0 Å². The van der Waals surface area contributed by atoms with E-state index in [-0.39, 0.29) is 47.5 Å². The van der Waals surface area contributed by atoms with Crippen LogP contribution in [0.5, 0.6) is 17.2 Å². The maximum absolute atomic E-state index is 12.5. The number of methoxy groups -OCH3 is 1. The van der Waals surface area contributed by atoms with Crippen molar-refractivity contribution in [3.05, 3.63) is 369 Å². The summed E-state index contributed by atoms with van der Waals surface area (Å²) in [6.45, 7) is -0.196. The molecule has 28 heteroatoms. The number of aromatic nitrogens is 4. The predicted octanol–water partition coefficient (Wildman–Crippen LogP) is 19.6. The van der Waals surface area contributed by atoms with Gasteiger partial charge in [0.25, 0.3) is 23.6 Å². The number of sulfonamides is 1. The molecule has 0 radical (unpaired) electrons. The van der Waals surface area contributed by atoms with Crippen LogP contribution in [0.2, 0.25) is 0 Å². The molecule has 0 spiro atoms. The molecule has 16 aromatic rings. The lowest BCUT2D eigenvalue weighted by atomic mass is 10.1. The first-order chi connectivity index (χ1) is 59.8. The molecule has 6 heterocycles. The third-order valence-corrected chi connectivity index (χ3v) is 19.7. The van der Waals surface area contributed by atoms with Gasteiger partial charge in [0.05, 0.1) is 28.8 Å². The predicted molar refractivity (Wildman–Crippen MR) is 489 cm³/mol. The summed E-state index contributed by atoms with van der Waals surface area (Å²) in [6, 6.07) is 97.6. The van der Waals surface area contributed by atoms with Crippen LogP contribution in [-0.4, -0.2) is 72.3 Å². The summed E-state index contributed by atoms with van der Waals surface area (Å²) in [5.74, 6) is 3.81. The highest BCUT2D eigenvalue weighted by atomic mass is 32.2. The van der Waals surface area contributed by atoms with Gasteiger partial charge in [-0.1, -0.05) is 109 Å². The van der Waals surface area contributed by atoms with Crippen LogP contribution in [0.1, 0.15) is 20.2 Å². The molecule has 0 aliphatic carbocycles. The maximum Gasteiger partial charge on any atom is 0.291 e. The number of nitrogens with one attached hydrogen (secondary N) is 8. The summed E-state index contributed by atoms with van der Waals surface area (Å²) < 4.78 is 44.7. The van der Waals surface area contributed by atoms with E-state index in [1.54, 1.807) is 98.6 Å². The van der Waals surface area contributed by atoms with Gasteiger partial charge in [0.2, 0.25) is 10.0 Å². The fourth-order valence-corrected chi connectivity index (χ4v) is 13.3. The molecule has 26 nitrogen and oxygen atoms in total. The Morgan fingerprint density at radius 1 is 0.366 bits per heavy atom. The Kier molecular flexibility index (Phi) is 28.6. The molecule has 0 fully saturated rings. The number of rotatable bonds is 26. The molecule has 0 saturated heterocycles. The lowest BCUT2D eigenvalue weighted by molar-refractivity contribution is -0.118. The fraction of sp³-hybridized carbons (Fsp3) is 0.0316. The molecular formula is C95H82N16O10S2. The first-order valence-electron chi connectivity index (χ1n) is 38.1. The number of anilines is 15. The van der Waals surface area contributed by atoms with E-state index in [0.29, 0.717) is 79.4 Å². The third-order valence-electron chi connectivity index (χ3n) is 17.9. The number of benzene rings is 10. The molecule has 0 atom stereocenters. The molecule has 0 saturated carbocycles. The van der Waals surface area contributed by atoms with Crippen molar-refractivity contribution in [2.24, 2.45) is 5.14 Å². The van der Waals surface area contributed by atoms with E-state index in [9.17, 15) is 27.6 Å². The molecule has 0 aliphatic heterocycles. The van der Waals surface area contributed by atoms with Gasteiger partial charge < -0.3 is 78.4 Å². The minimum Gasteiger partial charge on any atom is -0.495 e. The standard InChI is InChI=1S/C26H24N4O3.C25H22N4O4S.C22H18N4O2.C22H18N4OS/c1-32-24-11-10-18(14-23(24)30-26(31)17-33-22-8-3-2-4-9-22)19-12-13-28-25(15-19)29-21-7-5-6-20(27)16-21;26-34(31,32)23-8-4-5-21(16-23)28-24-15-19(13-14-27-24)18-9-11-20(12-10-18)29-25(30)17-33-22-6-2-1-3-7-22;23-17-5-2-7-19(14-17)25-21-13-16(9-10-24-21)15-4-1-6-18(12-15)26-22(27)20-8-3-11-28-20;23-17-3-1-4-19(14-17)25-21-13-16(10-11-24-21)15-6-8-18(9-7-15)26-22(27)20-5-2-12-28-20/h2-16H,17,27H2,1H3,(H,28,29)(H,30,31);1-16H,17H2,(H,27,28)(H,29,30)(H2,26,31,32);2*1-14H,23H2,(H,24,25)(H,26,27). The van der Waals surface area contributed by atoms with Crippen molar-refractivity contribution in [3.63, 3.8) is 0 Å². The number of carbonyl (C=O) groups excluding carboxylic acids is 4. The number of furan rings is 1. The van der Waals surface area contributed by atoms with Crippen LogP contribution in [0.25, 0.3) is 44.5 Å². The van der Waals surface area contributed by atoms with Crippen molar-refractivity contribution in [2.45, 2.75) is 4.90 Å². The van der Waals surface area contributed by atoms with Crippen LogP contribution in [0.15, 0.2) is 367 Å². The SMILES string of the molecule is COc1ccc(-c2ccnc(Nc3cccc(N)c3)c2)cc1NC(=O)COc1ccccc1.NS(=O)(=O)c1cccc(Nc2cc(-c3ccc(NC(=O)COc4ccccc4)cc3)ccn2)c1.Nc1cccc(Nc2cc(-c3ccc(NC(=O)c4cccs4)cc3)ccn2)c1.Nc1cccc(Nc2cc(-c3cccc(NC(=O)c4ccco4)c3)ccn2)c1. The fourth-order valence-electron chi connectivity index (χ4n) is 12.1. The van der Waals surface area contributed by atoms with Gasteiger partial charge in [-0.3, -0.25) is 19.2 Å². The summed E-state index contributed by atoms with van der Waals surface area (Å²) in [5.41, 5.74) is 33.0. The van der Waals surface area contributed by atoms with Gasteiger partial charge in [-0.2, -0.15) is 0 Å². The molecule has 4 amide bonds. The van der Waals surface area contributed by atoms with Crippen molar-refractivity contribution < 1.29 is 46.2 Å². The van der Waals surface area contributed by atoms with Gasteiger partial charge in [0.15, 0.2) is 19.0 Å². The van der Waals surface area contributed by atoms with E-state index in [0.717, 1.165) is 73.1 Å². The number of nitrogen functional groups attached to an aromatic ring is 3. The Morgan fingerprint density at radius 2 is 0.780 bits per heavy atom. The highest BCUT2D eigenvalue weighted by molar-refractivity contribution is 7.89. The number of nitrogens with zero attached hydrogens (tertiary/aromatic N) is 4. The Morgan fingerprint density at radius 3 is 1.23 bits per heavy atom. The highest BCUT2D eigenvalue weighted by Crippen LogP contribution is 2.34. The second kappa shape index (κ2) is 41.6. The highest BCUT2D eigenvalue weighted by Gasteiger charge is 2.16. The van der Waals surface area contributed by atoms with E-state index in [1.807, 2.05) is 248 Å². The van der Waals surface area contributed by atoms with E-state index in [1.165, 1.54) is 29.7 Å². The van der Waals surface area contributed by atoms with Gasteiger partial charge in [0.1, 0.15) is 40.5 Å². The van der Waals surface area contributed by atoms with E-state index >= 15 is 0 Å². The monoisotopic (exact) mass is 1670 g/mol. The van der Waals surface area contributed by atoms with Crippen LogP contribution in [0, 0.1) is 0 Å². The third kappa shape index (κ3) is 25.5. The first-order valence-corrected chi connectivity index (χ1v) is 40.5. The van der Waals surface area contributed by atoms with Gasteiger partial charge in [0, 0.05) is 81.7 Å². The van der Waals surface area contributed by atoms with Crippen molar-refractivity contribution >= 4 is 131 Å². The quantitative estimate of drug-likeness (QED) is 0.0224. The molecule has 0 unspecified atom stereocenters. The topological polar surface area (TPSA) is 395 Å². The second-order valence-corrected chi connectivity index (χ2v) is 29.5. The Labute approximate surface area is 713 Å². The molecule has 0 aliphatic rings. The van der Waals surface area contributed by atoms with Gasteiger partial charge in [-0.25, -0.2) is 33.5 Å². The second-order valence-electron chi connectivity index (χ2n) is 27.0. The zero-order valence-corrected chi connectivity index (χ0v) is 67.6.